The van der Waals surface area contributed by atoms with Crippen LogP contribution in [0.5, 0.6) is 0 Å². The van der Waals surface area contributed by atoms with Crippen molar-refractivity contribution in [2.45, 2.75) is 6.42 Å². The summed E-state index contributed by atoms with van der Waals surface area (Å²) >= 11 is 0. The van der Waals surface area contributed by atoms with Gasteiger partial charge in [0.05, 0.1) is 19.6 Å². The normalized spacial score (nSPS) is 16.9. The third kappa shape index (κ3) is 3.06. The van der Waals surface area contributed by atoms with Gasteiger partial charge in [-0.3, -0.25) is 0 Å². The van der Waals surface area contributed by atoms with Crippen molar-refractivity contribution in [3.63, 3.8) is 0 Å². The molecular formula is C8H11NO2. The zero-order valence-electron chi connectivity index (χ0n) is 6.38. The first-order chi connectivity index (χ1) is 5.43. The summed E-state index contributed by atoms with van der Waals surface area (Å²) in [6.07, 6.45) is 1.14. The number of hydrogen-bond acceptors (Lipinski definition) is 3. The molecule has 0 spiro atoms. The maximum Gasteiger partial charge on any atom is 0.131 e. The van der Waals surface area contributed by atoms with Crippen molar-refractivity contribution in [3.8, 4) is 12.0 Å². The lowest BCUT2D eigenvalue weighted by atomic mass is 10.4. The van der Waals surface area contributed by atoms with Crippen LogP contribution in [-0.2, 0) is 9.53 Å². The van der Waals surface area contributed by atoms with Crippen molar-refractivity contribution < 1.29 is 9.53 Å². The molecule has 0 saturated carbocycles. The van der Waals surface area contributed by atoms with Crippen LogP contribution in [0.25, 0.3) is 0 Å². The molecule has 0 aliphatic carbocycles. The number of carbonyl (C=O) groups excluding carboxylic acids is 1. The van der Waals surface area contributed by atoms with Crippen molar-refractivity contribution in [2.24, 2.45) is 0 Å². The van der Waals surface area contributed by atoms with Gasteiger partial charge in [0.1, 0.15) is 6.29 Å². The number of carbonyl (C=O) groups is 1. The summed E-state index contributed by atoms with van der Waals surface area (Å²) < 4.78 is 5.13. The Morgan fingerprint density at radius 3 is 2.82 bits per heavy atom. The highest BCUT2D eigenvalue weighted by Gasteiger charge is 2.04. The molecule has 1 fully saturated rings. The average Bonchev–Trinajstić information content (AvgIpc) is 2.07. The summed E-state index contributed by atoms with van der Waals surface area (Å²) in [5.74, 6) is 2.76. The minimum Gasteiger partial charge on any atom is -0.378 e. The maximum absolute atomic E-state index is 9.90. The molecule has 0 radical (unpaired) electrons. The topological polar surface area (TPSA) is 29.5 Å². The van der Waals surface area contributed by atoms with Crippen molar-refractivity contribution >= 4 is 6.29 Å². The molecule has 11 heavy (non-hydrogen) atoms. The molecule has 0 aromatic carbocycles. The van der Waals surface area contributed by atoms with E-state index in [1.54, 1.807) is 0 Å². The Kier molecular flexibility index (Phi) is 3.49. The van der Waals surface area contributed by atoms with Crippen molar-refractivity contribution in [3.05, 3.63) is 0 Å². The van der Waals surface area contributed by atoms with E-state index in [-0.39, 0.29) is 0 Å². The lowest BCUT2D eigenvalue weighted by molar-refractivity contribution is -0.107. The first kappa shape index (κ1) is 8.09. The average molecular weight is 153 g/mol. The largest absolute Gasteiger partial charge is 0.378 e. The number of ether oxygens (including phenoxy) is 1. The van der Waals surface area contributed by atoms with Gasteiger partial charge in [-0.15, -0.1) is 0 Å². The van der Waals surface area contributed by atoms with E-state index < -0.39 is 0 Å². The van der Waals surface area contributed by atoms with Crippen LogP contribution in [0.3, 0.4) is 0 Å². The highest BCUT2D eigenvalue weighted by atomic mass is 16.5. The molecule has 3 heteroatoms. The molecule has 1 heterocycles. The van der Waals surface area contributed by atoms with Crippen LogP contribution in [0.1, 0.15) is 6.42 Å². The van der Waals surface area contributed by atoms with Gasteiger partial charge in [-0.1, -0.05) is 5.92 Å². The first-order valence-corrected chi connectivity index (χ1v) is 3.68. The molecule has 0 bridgehead atoms. The summed E-state index contributed by atoms with van der Waals surface area (Å²) in [5.41, 5.74) is 0. The van der Waals surface area contributed by atoms with Gasteiger partial charge in [0.25, 0.3) is 0 Å². The van der Waals surface area contributed by atoms with E-state index >= 15 is 0 Å². The molecule has 1 aliphatic heterocycles. The molecule has 60 valence electrons. The third-order valence-electron chi connectivity index (χ3n) is 1.43. The van der Waals surface area contributed by atoms with Crippen LogP contribution in [0.2, 0.25) is 0 Å². The summed E-state index contributed by atoms with van der Waals surface area (Å²) in [6.45, 7) is 3.20. The van der Waals surface area contributed by atoms with E-state index in [0.717, 1.165) is 32.6 Å². The summed E-state index contributed by atoms with van der Waals surface area (Å²) in [6, 6.07) is 2.89. The molecule has 0 amide bonds. The Morgan fingerprint density at radius 1 is 1.45 bits per heavy atom. The number of nitrogens with zero attached hydrogens (tertiary/aromatic N) is 1. The fraction of sp³-hybridized carbons (Fsp3) is 0.625. The van der Waals surface area contributed by atoms with Crippen LogP contribution in [0.4, 0.5) is 0 Å². The number of morpholine rings is 1. The zero-order valence-corrected chi connectivity index (χ0v) is 6.38. The van der Waals surface area contributed by atoms with Gasteiger partial charge < -0.3 is 14.4 Å². The zero-order chi connectivity index (χ0) is 7.94. The van der Waals surface area contributed by atoms with E-state index in [9.17, 15) is 4.79 Å². The fourth-order valence-electron chi connectivity index (χ4n) is 0.874. The minimum atomic E-state index is 0.331. The van der Waals surface area contributed by atoms with Gasteiger partial charge in [-0.2, -0.15) is 0 Å². The van der Waals surface area contributed by atoms with Crippen LogP contribution in [0, 0.1) is 12.0 Å². The lowest BCUT2D eigenvalue weighted by Crippen LogP contribution is -2.32. The van der Waals surface area contributed by atoms with Gasteiger partial charge in [0.15, 0.2) is 0 Å². The minimum absolute atomic E-state index is 0.331. The number of aldehydes is 1. The van der Waals surface area contributed by atoms with Crippen LogP contribution >= 0.6 is 0 Å². The van der Waals surface area contributed by atoms with E-state index in [2.05, 4.69) is 12.0 Å². The monoisotopic (exact) mass is 153 g/mol. The SMILES string of the molecule is O=CCC#CN1CCOCC1. The molecule has 0 aromatic rings. The Labute approximate surface area is 66.3 Å². The van der Waals surface area contributed by atoms with E-state index in [4.69, 9.17) is 4.74 Å². The number of rotatable bonds is 1. The number of hydrogen-bond donors (Lipinski definition) is 0. The third-order valence-corrected chi connectivity index (χ3v) is 1.43. The van der Waals surface area contributed by atoms with E-state index in [0.29, 0.717) is 6.42 Å². The Hall–Kier alpha value is -1.01. The molecule has 0 aromatic heterocycles. The van der Waals surface area contributed by atoms with Crippen molar-refractivity contribution in [2.75, 3.05) is 26.3 Å². The van der Waals surface area contributed by atoms with Crippen LogP contribution < -0.4 is 0 Å². The molecule has 0 atom stereocenters. The lowest BCUT2D eigenvalue weighted by Gasteiger charge is -2.22. The van der Waals surface area contributed by atoms with Gasteiger partial charge in [0, 0.05) is 19.1 Å². The van der Waals surface area contributed by atoms with Crippen LogP contribution in [-0.4, -0.2) is 37.5 Å². The Morgan fingerprint density at radius 2 is 2.18 bits per heavy atom. The molecule has 1 saturated heterocycles. The predicted octanol–water partition coefficient (Wildman–Crippen LogP) is -0.132. The molecule has 1 aliphatic rings. The van der Waals surface area contributed by atoms with Gasteiger partial charge >= 0.3 is 0 Å². The van der Waals surface area contributed by atoms with E-state index in [1.165, 1.54) is 0 Å². The summed E-state index contributed by atoms with van der Waals surface area (Å²) in [4.78, 5) is 11.9. The predicted molar refractivity (Wildman–Crippen MR) is 40.8 cm³/mol. The quantitative estimate of drug-likeness (QED) is 0.388. The second kappa shape index (κ2) is 4.75. The first-order valence-electron chi connectivity index (χ1n) is 3.68. The smallest absolute Gasteiger partial charge is 0.131 e. The molecule has 0 unspecified atom stereocenters. The van der Waals surface area contributed by atoms with Gasteiger partial charge in [0.2, 0.25) is 0 Å². The highest BCUT2D eigenvalue weighted by molar-refractivity contribution is 5.53. The highest BCUT2D eigenvalue weighted by Crippen LogP contribution is 1.93. The molecule has 3 nitrogen and oxygen atoms in total. The summed E-state index contributed by atoms with van der Waals surface area (Å²) in [7, 11) is 0. The standard InChI is InChI=1S/C8H11NO2/c10-6-2-1-3-9-4-7-11-8-5-9/h6H,2,4-5,7-8H2. The van der Waals surface area contributed by atoms with Crippen molar-refractivity contribution in [1.29, 1.82) is 0 Å². The Balaban J connectivity index is 2.24. The van der Waals surface area contributed by atoms with Gasteiger partial charge in [-0.25, -0.2) is 0 Å². The molecule has 0 N–H and O–H groups in total. The second-order valence-corrected chi connectivity index (χ2v) is 2.26. The molecule has 1 rings (SSSR count). The van der Waals surface area contributed by atoms with Crippen molar-refractivity contribution in [1.82, 2.24) is 4.90 Å². The van der Waals surface area contributed by atoms with Gasteiger partial charge in [-0.05, 0) is 0 Å². The van der Waals surface area contributed by atoms with Crippen LogP contribution in [0.15, 0.2) is 0 Å². The van der Waals surface area contributed by atoms with E-state index in [1.807, 2.05) is 4.90 Å². The summed E-state index contributed by atoms with van der Waals surface area (Å²) in [5, 5.41) is 0. The second-order valence-electron chi connectivity index (χ2n) is 2.26. The Bertz CT molecular complexity index is 174. The fourth-order valence-corrected chi connectivity index (χ4v) is 0.874. The molecular weight excluding hydrogens is 142 g/mol. The maximum atomic E-state index is 9.90.